The van der Waals surface area contributed by atoms with Crippen LogP contribution in [-0.4, -0.2) is 42.7 Å². The fourth-order valence-corrected chi connectivity index (χ4v) is 2.56. The molecule has 0 bridgehead atoms. The molecule has 1 aliphatic rings. The van der Waals surface area contributed by atoms with Gasteiger partial charge in [-0.1, -0.05) is 0 Å². The van der Waals surface area contributed by atoms with E-state index >= 15 is 0 Å². The van der Waals surface area contributed by atoms with Crippen LogP contribution in [0.25, 0.3) is 11.2 Å². The molecule has 118 valence electrons. The van der Waals surface area contributed by atoms with E-state index in [-0.39, 0.29) is 73.6 Å². The van der Waals surface area contributed by atoms with E-state index in [1.54, 1.807) is 0 Å². The molecule has 2 aromatic heterocycles. The number of hydrogen-bond acceptors (Lipinski definition) is 7. The Balaban J connectivity index is 0. The van der Waals surface area contributed by atoms with Crippen molar-refractivity contribution >= 4 is 24.6 Å². The molecule has 1 atom stereocenters. The number of rotatable bonds is 4. The number of ether oxygens (including phenoxy) is 2. The molecule has 0 spiro atoms. The first-order chi connectivity index (χ1) is 9.90. The number of nitrogens with two attached hydrogens (primary N) is 1. The van der Waals surface area contributed by atoms with Crippen LogP contribution in [0.1, 0.15) is 21.5 Å². The smallest absolute Gasteiger partial charge is 1.00 e. The molecule has 5 N–H and O–H groups in total. The van der Waals surface area contributed by atoms with Crippen molar-refractivity contribution in [2.45, 2.75) is 18.6 Å². The van der Waals surface area contributed by atoms with Gasteiger partial charge in [0.15, 0.2) is 23.6 Å². The summed E-state index contributed by atoms with van der Waals surface area (Å²) in [4.78, 5) is 33.1. The standard InChI is InChI=1S/C10H14N5O5P.2Na.2H/c11-7-6-8(13-4-12-6)15-9(14-7)10(2-1-3-19-10)20-5-21(16,17)18;;;;/h4H,1-3,5H2,(H2,16,17,18)(H3,11,12,13,14,15);;;;/q;2*+1;2*-1/t10-;;;;/m0..../s1. The molecule has 23 heavy (non-hydrogen) atoms. The fraction of sp³-hybridized carbons (Fsp3) is 0.500. The van der Waals surface area contributed by atoms with Crippen molar-refractivity contribution in [2.75, 3.05) is 18.7 Å². The van der Waals surface area contributed by atoms with Gasteiger partial charge in [-0.05, 0) is 6.42 Å². The van der Waals surface area contributed by atoms with E-state index in [1.807, 2.05) is 0 Å². The van der Waals surface area contributed by atoms with Crippen LogP contribution in [0.2, 0.25) is 0 Å². The van der Waals surface area contributed by atoms with Gasteiger partial charge in [-0.3, -0.25) is 4.57 Å². The number of aromatic nitrogens is 4. The number of H-pyrrole nitrogens is 1. The van der Waals surface area contributed by atoms with E-state index in [0.29, 0.717) is 30.6 Å². The van der Waals surface area contributed by atoms with Crippen molar-refractivity contribution in [3.8, 4) is 0 Å². The molecule has 0 amide bonds. The average molecular weight is 363 g/mol. The van der Waals surface area contributed by atoms with Gasteiger partial charge in [0.1, 0.15) is 5.52 Å². The van der Waals surface area contributed by atoms with Crippen LogP contribution in [0.5, 0.6) is 0 Å². The fourth-order valence-electron chi connectivity index (χ4n) is 2.18. The number of nitrogens with zero attached hydrogens (tertiary/aromatic N) is 3. The first-order valence-electron chi connectivity index (χ1n) is 6.19. The van der Waals surface area contributed by atoms with Gasteiger partial charge in [0.05, 0.1) is 12.9 Å². The summed E-state index contributed by atoms with van der Waals surface area (Å²) in [6.45, 7) is 0.378. The first-order valence-corrected chi connectivity index (χ1v) is 7.99. The van der Waals surface area contributed by atoms with Gasteiger partial charge in [-0.25, -0.2) is 15.0 Å². The third kappa shape index (κ3) is 4.74. The second-order valence-electron chi connectivity index (χ2n) is 4.68. The molecule has 0 saturated carbocycles. The van der Waals surface area contributed by atoms with Crippen LogP contribution in [0.4, 0.5) is 5.82 Å². The molecule has 0 radical (unpaired) electrons. The third-order valence-electron chi connectivity index (χ3n) is 3.11. The second-order valence-corrected chi connectivity index (χ2v) is 6.26. The summed E-state index contributed by atoms with van der Waals surface area (Å²) in [5.74, 6) is -1.12. The number of nitrogens with one attached hydrogen (secondary N) is 1. The number of nitrogen functional groups attached to an aromatic ring is 1. The number of imidazole rings is 1. The Morgan fingerprint density at radius 1 is 1.48 bits per heavy atom. The van der Waals surface area contributed by atoms with Crippen molar-refractivity contribution in [3.05, 3.63) is 12.2 Å². The van der Waals surface area contributed by atoms with Gasteiger partial charge in [-0.2, -0.15) is 0 Å². The molecular formula is C10H16N5Na2O5P. The third-order valence-corrected chi connectivity index (χ3v) is 3.57. The van der Waals surface area contributed by atoms with Crippen molar-refractivity contribution < 1.29 is 85.8 Å². The van der Waals surface area contributed by atoms with E-state index in [1.165, 1.54) is 6.33 Å². The van der Waals surface area contributed by atoms with Crippen LogP contribution in [0.3, 0.4) is 0 Å². The largest absolute Gasteiger partial charge is 1.00 e. The van der Waals surface area contributed by atoms with E-state index in [2.05, 4.69) is 19.9 Å². The SMILES string of the molecule is Nc1nc([C@@]2(OCP(=O)(O)O)CCCO2)nc2nc[nH]c12.[H-].[H-].[Na+].[Na+]. The summed E-state index contributed by atoms with van der Waals surface area (Å²) in [5.41, 5.74) is 6.65. The normalized spacial score (nSPS) is 21.0. The maximum Gasteiger partial charge on any atom is 1.00 e. The average Bonchev–Trinajstić information content (AvgIpc) is 3.05. The summed E-state index contributed by atoms with van der Waals surface area (Å²) in [6, 6.07) is 0. The van der Waals surface area contributed by atoms with Crippen molar-refractivity contribution in [2.24, 2.45) is 0 Å². The van der Waals surface area contributed by atoms with Crippen molar-refractivity contribution in [1.29, 1.82) is 0 Å². The molecule has 0 aliphatic carbocycles. The molecule has 1 aliphatic heterocycles. The van der Waals surface area contributed by atoms with Gasteiger partial charge < -0.3 is 32.8 Å². The van der Waals surface area contributed by atoms with Crippen LogP contribution in [-0.2, 0) is 19.8 Å². The zero-order valence-corrected chi connectivity index (χ0v) is 17.8. The Kier molecular flexibility index (Phi) is 7.65. The molecular weight excluding hydrogens is 347 g/mol. The maximum absolute atomic E-state index is 11.0. The van der Waals surface area contributed by atoms with Gasteiger partial charge >= 0.3 is 66.7 Å². The number of hydrogen-bond donors (Lipinski definition) is 4. The Labute approximate surface area is 178 Å². The summed E-state index contributed by atoms with van der Waals surface area (Å²) in [7, 11) is -4.34. The summed E-state index contributed by atoms with van der Waals surface area (Å²) in [5, 5.41) is 0. The van der Waals surface area contributed by atoms with E-state index in [4.69, 9.17) is 25.0 Å². The van der Waals surface area contributed by atoms with E-state index < -0.39 is 19.7 Å². The van der Waals surface area contributed by atoms with Crippen molar-refractivity contribution in [3.63, 3.8) is 0 Å². The predicted molar refractivity (Wildman–Crippen MR) is 73.2 cm³/mol. The number of anilines is 1. The van der Waals surface area contributed by atoms with Gasteiger partial charge in [-0.15, -0.1) is 0 Å². The summed E-state index contributed by atoms with van der Waals surface area (Å²) >= 11 is 0. The predicted octanol–water partition coefficient (Wildman–Crippen LogP) is -5.72. The molecule has 1 fully saturated rings. The Bertz CT molecular complexity index is 727. The molecule has 13 heteroatoms. The summed E-state index contributed by atoms with van der Waals surface area (Å²) in [6.07, 6.45) is 1.68. The molecule has 0 unspecified atom stereocenters. The zero-order valence-electron chi connectivity index (χ0n) is 14.9. The minimum absolute atomic E-state index is 0. The Morgan fingerprint density at radius 3 is 2.83 bits per heavy atom. The summed E-state index contributed by atoms with van der Waals surface area (Å²) < 4.78 is 21.9. The van der Waals surface area contributed by atoms with E-state index in [0.717, 1.165) is 0 Å². The van der Waals surface area contributed by atoms with Gasteiger partial charge in [0.2, 0.25) is 5.79 Å². The minimum Gasteiger partial charge on any atom is -1.00 e. The minimum atomic E-state index is -4.34. The molecule has 1 saturated heterocycles. The second kappa shape index (κ2) is 8.20. The first kappa shape index (κ1) is 21.5. The zero-order chi connectivity index (χ0) is 15.1. The Hall–Kier alpha value is 0.420. The van der Waals surface area contributed by atoms with E-state index in [9.17, 15) is 4.57 Å². The van der Waals surface area contributed by atoms with Crippen LogP contribution in [0, 0.1) is 0 Å². The maximum atomic E-state index is 11.0. The number of fused-ring (bicyclic) bond motifs is 1. The monoisotopic (exact) mass is 363 g/mol. The molecule has 3 heterocycles. The van der Waals surface area contributed by atoms with Crippen LogP contribution >= 0.6 is 7.60 Å². The van der Waals surface area contributed by atoms with Gasteiger partial charge in [0, 0.05) is 6.42 Å². The molecule has 2 aromatic rings. The Morgan fingerprint density at radius 2 is 2.22 bits per heavy atom. The van der Waals surface area contributed by atoms with Gasteiger partial charge in [0.25, 0.3) is 0 Å². The van der Waals surface area contributed by atoms with Crippen LogP contribution < -0.4 is 64.8 Å². The molecule has 0 aromatic carbocycles. The molecule has 10 nitrogen and oxygen atoms in total. The van der Waals surface area contributed by atoms with Crippen LogP contribution in [0.15, 0.2) is 6.33 Å². The van der Waals surface area contributed by atoms with Crippen molar-refractivity contribution in [1.82, 2.24) is 19.9 Å². The quantitative estimate of drug-likeness (QED) is 0.307. The number of aromatic amines is 1. The topological polar surface area (TPSA) is 156 Å². The molecule has 3 rings (SSSR count).